The maximum Gasteiger partial charge on any atom is 0.228 e. The van der Waals surface area contributed by atoms with Crippen LogP contribution in [0.5, 0.6) is 0 Å². The average molecular weight is 212 g/mol. The molecule has 86 valence electrons. The van der Waals surface area contributed by atoms with Crippen molar-refractivity contribution in [1.82, 2.24) is 10.2 Å². The van der Waals surface area contributed by atoms with Gasteiger partial charge < -0.3 is 15.0 Å². The number of ether oxygens (including phenoxy) is 1. The Balaban J connectivity index is 1.93. The van der Waals surface area contributed by atoms with Crippen LogP contribution in [0.2, 0.25) is 0 Å². The fourth-order valence-corrected chi connectivity index (χ4v) is 2.36. The van der Waals surface area contributed by atoms with Crippen molar-refractivity contribution in [3.8, 4) is 0 Å². The molecule has 2 aliphatic heterocycles. The van der Waals surface area contributed by atoms with Gasteiger partial charge in [0.25, 0.3) is 0 Å². The van der Waals surface area contributed by atoms with Crippen molar-refractivity contribution in [3.63, 3.8) is 0 Å². The number of amides is 1. The highest BCUT2D eigenvalue weighted by Crippen LogP contribution is 2.22. The van der Waals surface area contributed by atoms with Gasteiger partial charge in [0, 0.05) is 26.2 Å². The normalized spacial score (nSPS) is 32.7. The van der Waals surface area contributed by atoms with Crippen LogP contribution in [-0.4, -0.2) is 49.7 Å². The SMILES string of the molecule is CC1OCCC1C(=O)N1CCCNCC1. The summed E-state index contributed by atoms with van der Waals surface area (Å²) in [5, 5.41) is 3.31. The molecule has 0 aliphatic carbocycles. The molecule has 2 unspecified atom stereocenters. The summed E-state index contributed by atoms with van der Waals surface area (Å²) >= 11 is 0. The first kappa shape index (κ1) is 10.9. The molecule has 0 saturated carbocycles. The number of hydrogen-bond acceptors (Lipinski definition) is 3. The predicted molar refractivity (Wildman–Crippen MR) is 57.6 cm³/mol. The summed E-state index contributed by atoms with van der Waals surface area (Å²) in [6.45, 7) is 6.45. The quantitative estimate of drug-likeness (QED) is 0.676. The lowest BCUT2D eigenvalue weighted by Gasteiger charge is -2.24. The second kappa shape index (κ2) is 4.94. The van der Waals surface area contributed by atoms with Gasteiger partial charge in [0.05, 0.1) is 12.0 Å². The van der Waals surface area contributed by atoms with Crippen LogP contribution in [0.25, 0.3) is 0 Å². The molecule has 0 aromatic carbocycles. The molecule has 2 saturated heterocycles. The van der Waals surface area contributed by atoms with E-state index < -0.39 is 0 Å². The second-order valence-corrected chi connectivity index (χ2v) is 4.40. The molecular weight excluding hydrogens is 192 g/mol. The van der Waals surface area contributed by atoms with E-state index in [4.69, 9.17) is 4.74 Å². The van der Waals surface area contributed by atoms with Gasteiger partial charge in [-0.2, -0.15) is 0 Å². The molecule has 0 aromatic rings. The van der Waals surface area contributed by atoms with Crippen LogP contribution in [0, 0.1) is 5.92 Å². The fourth-order valence-electron chi connectivity index (χ4n) is 2.36. The predicted octanol–water partition coefficient (Wildman–Crippen LogP) is 0.233. The lowest BCUT2D eigenvalue weighted by molar-refractivity contribution is -0.136. The minimum atomic E-state index is 0.100. The van der Waals surface area contributed by atoms with Gasteiger partial charge in [0.2, 0.25) is 5.91 Å². The molecule has 15 heavy (non-hydrogen) atoms. The number of carbonyl (C=O) groups excluding carboxylic acids is 1. The third-order valence-electron chi connectivity index (χ3n) is 3.35. The number of carbonyl (C=O) groups is 1. The molecule has 4 nitrogen and oxygen atoms in total. The van der Waals surface area contributed by atoms with Crippen LogP contribution in [0.3, 0.4) is 0 Å². The Hall–Kier alpha value is -0.610. The second-order valence-electron chi connectivity index (χ2n) is 4.40. The summed E-state index contributed by atoms with van der Waals surface area (Å²) in [4.78, 5) is 14.2. The zero-order chi connectivity index (χ0) is 10.7. The summed E-state index contributed by atoms with van der Waals surface area (Å²) in [6, 6.07) is 0. The molecule has 1 N–H and O–H groups in total. The monoisotopic (exact) mass is 212 g/mol. The third-order valence-corrected chi connectivity index (χ3v) is 3.35. The molecule has 0 bridgehead atoms. The smallest absolute Gasteiger partial charge is 0.228 e. The summed E-state index contributed by atoms with van der Waals surface area (Å²) in [5.41, 5.74) is 0. The molecule has 0 spiro atoms. The van der Waals surface area contributed by atoms with Crippen LogP contribution < -0.4 is 5.32 Å². The fraction of sp³-hybridized carbons (Fsp3) is 0.909. The van der Waals surface area contributed by atoms with Crippen LogP contribution in [0.4, 0.5) is 0 Å². The van der Waals surface area contributed by atoms with E-state index in [0.717, 1.165) is 45.6 Å². The number of hydrogen-bond donors (Lipinski definition) is 1. The first-order valence-corrected chi connectivity index (χ1v) is 5.90. The third kappa shape index (κ3) is 2.49. The van der Waals surface area contributed by atoms with Gasteiger partial charge >= 0.3 is 0 Å². The lowest BCUT2D eigenvalue weighted by atomic mass is 10.0. The molecule has 0 aromatic heterocycles. The van der Waals surface area contributed by atoms with Crippen LogP contribution in [-0.2, 0) is 9.53 Å². The lowest BCUT2D eigenvalue weighted by Crippen LogP contribution is -2.40. The van der Waals surface area contributed by atoms with Gasteiger partial charge in [0.1, 0.15) is 0 Å². The van der Waals surface area contributed by atoms with E-state index in [-0.39, 0.29) is 12.0 Å². The molecule has 2 rings (SSSR count). The molecule has 0 radical (unpaired) electrons. The van der Waals surface area contributed by atoms with E-state index in [0.29, 0.717) is 5.91 Å². The van der Waals surface area contributed by atoms with Gasteiger partial charge in [-0.25, -0.2) is 0 Å². The maximum absolute atomic E-state index is 12.2. The maximum atomic E-state index is 12.2. The van der Waals surface area contributed by atoms with Crippen molar-refractivity contribution in [1.29, 1.82) is 0 Å². The molecular formula is C11H20N2O2. The number of nitrogens with one attached hydrogen (secondary N) is 1. The highest BCUT2D eigenvalue weighted by molar-refractivity contribution is 5.79. The highest BCUT2D eigenvalue weighted by Gasteiger charge is 2.33. The Morgan fingerprint density at radius 1 is 1.40 bits per heavy atom. The van der Waals surface area contributed by atoms with Gasteiger partial charge in [0.15, 0.2) is 0 Å². The summed E-state index contributed by atoms with van der Waals surface area (Å²) in [5.74, 6) is 0.395. The Morgan fingerprint density at radius 2 is 2.27 bits per heavy atom. The van der Waals surface area contributed by atoms with Crippen LogP contribution in [0.1, 0.15) is 19.8 Å². The molecule has 2 fully saturated rings. The standard InChI is InChI=1S/C11H20N2O2/c1-9-10(3-8-15-9)11(14)13-6-2-4-12-5-7-13/h9-10,12H,2-8H2,1H3. The number of nitrogens with zero attached hydrogens (tertiary/aromatic N) is 1. The van der Waals surface area contributed by atoms with Crippen LogP contribution in [0.15, 0.2) is 0 Å². The Kier molecular flexibility index (Phi) is 3.59. The van der Waals surface area contributed by atoms with E-state index in [1.807, 2.05) is 11.8 Å². The van der Waals surface area contributed by atoms with Crippen molar-refractivity contribution in [2.75, 3.05) is 32.8 Å². The van der Waals surface area contributed by atoms with Crippen molar-refractivity contribution in [3.05, 3.63) is 0 Å². The summed E-state index contributed by atoms with van der Waals surface area (Å²) in [6.07, 6.45) is 2.06. The van der Waals surface area contributed by atoms with Gasteiger partial charge in [-0.3, -0.25) is 4.79 Å². The first-order chi connectivity index (χ1) is 7.29. The minimum absolute atomic E-state index is 0.100. The molecule has 2 heterocycles. The molecule has 2 atom stereocenters. The largest absolute Gasteiger partial charge is 0.378 e. The van der Waals surface area contributed by atoms with Gasteiger partial charge in [-0.05, 0) is 26.3 Å². The zero-order valence-electron chi connectivity index (χ0n) is 9.37. The molecule has 2 aliphatic rings. The van der Waals surface area contributed by atoms with Crippen molar-refractivity contribution < 1.29 is 9.53 Å². The van der Waals surface area contributed by atoms with E-state index in [2.05, 4.69) is 5.32 Å². The molecule has 4 heteroatoms. The average Bonchev–Trinajstić information content (AvgIpc) is 2.53. The highest BCUT2D eigenvalue weighted by atomic mass is 16.5. The van der Waals surface area contributed by atoms with Crippen LogP contribution >= 0.6 is 0 Å². The minimum Gasteiger partial charge on any atom is -0.378 e. The number of rotatable bonds is 1. The molecule has 1 amide bonds. The topological polar surface area (TPSA) is 41.6 Å². The Bertz CT molecular complexity index is 225. The zero-order valence-corrected chi connectivity index (χ0v) is 9.37. The van der Waals surface area contributed by atoms with Crippen molar-refractivity contribution in [2.24, 2.45) is 5.92 Å². The van der Waals surface area contributed by atoms with E-state index in [1.165, 1.54) is 0 Å². The summed E-state index contributed by atoms with van der Waals surface area (Å²) in [7, 11) is 0. The van der Waals surface area contributed by atoms with Gasteiger partial charge in [-0.15, -0.1) is 0 Å². The van der Waals surface area contributed by atoms with Gasteiger partial charge in [-0.1, -0.05) is 0 Å². The van der Waals surface area contributed by atoms with E-state index >= 15 is 0 Å². The van der Waals surface area contributed by atoms with E-state index in [9.17, 15) is 4.79 Å². The Morgan fingerprint density at radius 3 is 3.00 bits per heavy atom. The Labute approximate surface area is 91.0 Å². The van der Waals surface area contributed by atoms with E-state index in [1.54, 1.807) is 0 Å². The van der Waals surface area contributed by atoms with Crippen molar-refractivity contribution >= 4 is 5.91 Å². The summed E-state index contributed by atoms with van der Waals surface area (Å²) < 4.78 is 5.45. The van der Waals surface area contributed by atoms with Crippen molar-refractivity contribution in [2.45, 2.75) is 25.9 Å². The first-order valence-electron chi connectivity index (χ1n) is 5.90.